The van der Waals surface area contributed by atoms with Crippen molar-refractivity contribution in [1.82, 2.24) is 9.78 Å². The van der Waals surface area contributed by atoms with Crippen LogP contribution in [-0.4, -0.2) is 34.5 Å². The van der Waals surface area contributed by atoms with Crippen LogP contribution in [0, 0.1) is 6.92 Å². The van der Waals surface area contributed by atoms with Crippen molar-refractivity contribution >= 4 is 11.8 Å². The minimum Gasteiger partial charge on any atom is -0.496 e. The molecular weight excluding hydrogens is 270 g/mol. The topological polar surface area (TPSA) is 76.4 Å². The van der Waals surface area contributed by atoms with E-state index in [0.29, 0.717) is 18.1 Å². The summed E-state index contributed by atoms with van der Waals surface area (Å²) < 4.78 is 6.85. The maximum atomic E-state index is 11.3. The van der Waals surface area contributed by atoms with Gasteiger partial charge in [0.25, 0.3) is 0 Å². The maximum Gasteiger partial charge on any atom is 0.341 e. The molecule has 0 aliphatic heterocycles. The minimum atomic E-state index is -0.972. The third-order valence-electron chi connectivity index (χ3n) is 3.32. The van der Waals surface area contributed by atoms with E-state index in [-0.39, 0.29) is 5.56 Å². The summed E-state index contributed by atoms with van der Waals surface area (Å²) in [6, 6.07) is 7.77. The van der Waals surface area contributed by atoms with Crippen LogP contribution >= 0.6 is 0 Å². The number of carboxylic acids is 1. The van der Waals surface area contributed by atoms with Gasteiger partial charge in [0.05, 0.1) is 12.8 Å². The van der Waals surface area contributed by atoms with E-state index in [9.17, 15) is 9.90 Å². The molecule has 1 heterocycles. The van der Waals surface area contributed by atoms with Crippen molar-refractivity contribution in [2.24, 2.45) is 7.05 Å². The van der Waals surface area contributed by atoms with Gasteiger partial charge in [0.1, 0.15) is 17.1 Å². The lowest BCUT2D eigenvalue weighted by Crippen LogP contribution is -2.12. The number of ether oxygens (including phenoxy) is 1. The number of aromatic carboxylic acids is 1. The Bertz CT molecular complexity index is 650. The molecule has 0 aliphatic rings. The van der Waals surface area contributed by atoms with E-state index in [2.05, 4.69) is 10.4 Å². The van der Waals surface area contributed by atoms with Crippen LogP contribution in [0.1, 0.15) is 21.6 Å². The Labute approximate surface area is 123 Å². The van der Waals surface area contributed by atoms with Gasteiger partial charge in [-0.05, 0) is 25.0 Å². The second-order valence-electron chi connectivity index (χ2n) is 4.73. The van der Waals surface area contributed by atoms with E-state index in [4.69, 9.17) is 4.74 Å². The number of rotatable bonds is 6. The number of methoxy groups -OCH3 is 1. The van der Waals surface area contributed by atoms with Gasteiger partial charge in [-0.1, -0.05) is 18.2 Å². The summed E-state index contributed by atoms with van der Waals surface area (Å²) in [5.41, 5.74) is 1.80. The van der Waals surface area contributed by atoms with E-state index in [1.807, 2.05) is 24.3 Å². The molecule has 0 radical (unpaired) electrons. The number of aryl methyl sites for hydroxylation is 2. The third-order valence-corrected chi connectivity index (χ3v) is 3.32. The normalized spacial score (nSPS) is 10.4. The molecule has 0 fully saturated rings. The van der Waals surface area contributed by atoms with Crippen LogP contribution in [0.2, 0.25) is 0 Å². The number of hydrogen-bond acceptors (Lipinski definition) is 4. The van der Waals surface area contributed by atoms with Crippen molar-refractivity contribution < 1.29 is 14.6 Å². The molecule has 2 aromatic rings. The first-order valence-electron chi connectivity index (χ1n) is 6.67. The van der Waals surface area contributed by atoms with Gasteiger partial charge in [-0.25, -0.2) is 4.79 Å². The van der Waals surface area contributed by atoms with Crippen molar-refractivity contribution in [2.45, 2.75) is 13.3 Å². The standard InChI is InChI=1S/C15H19N3O3/c1-10-13(15(19)20)14(18(2)17-10)16-9-8-11-6-4-5-7-12(11)21-3/h4-7,16H,8-9H2,1-3H3,(H,19,20). The molecule has 6 nitrogen and oxygen atoms in total. The van der Waals surface area contributed by atoms with Crippen molar-refractivity contribution in [3.05, 3.63) is 41.1 Å². The number of nitrogens with one attached hydrogen (secondary N) is 1. The van der Waals surface area contributed by atoms with E-state index in [0.717, 1.165) is 17.7 Å². The molecule has 21 heavy (non-hydrogen) atoms. The number of para-hydroxylation sites is 1. The second kappa shape index (κ2) is 6.30. The molecule has 2 N–H and O–H groups in total. The first-order valence-corrected chi connectivity index (χ1v) is 6.67. The smallest absolute Gasteiger partial charge is 0.341 e. The highest BCUT2D eigenvalue weighted by Crippen LogP contribution is 2.20. The molecule has 112 valence electrons. The Kier molecular flexibility index (Phi) is 4.47. The molecule has 0 saturated carbocycles. The van der Waals surface area contributed by atoms with Crippen molar-refractivity contribution in [2.75, 3.05) is 19.0 Å². The highest BCUT2D eigenvalue weighted by Gasteiger charge is 2.19. The molecule has 2 rings (SSSR count). The van der Waals surface area contributed by atoms with Crippen LogP contribution < -0.4 is 10.1 Å². The van der Waals surface area contributed by atoms with Gasteiger partial charge in [0.2, 0.25) is 0 Å². The van der Waals surface area contributed by atoms with Crippen molar-refractivity contribution in [1.29, 1.82) is 0 Å². The number of nitrogens with zero attached hydrogens (tertiary/aromatic N) is 2. The number of anilines is 1. The first kappa shape index (κ1) is 14.9. The zero-order chi connectivity index (χ0) is 15.4. The lowest BCUT2D eigenvalue weighted by atomic mass is 10.1. The highest BCUT2D eigenvalue weighted by molar-refractivity contribution is 5.94. The van der Waals surface area contributed by atoms with Gasteiger partial charge in [-0.2, -0.15) is 5.10 Å². The summed E-state index contributed by atoms with van der Waals surface area (Å²) in [6.45, 7) is 2.29. The van der Waals surface area contributed by atoms with Crippen LogP contribution in [-0.2, 0) is 13.5 Å². The average molecular weight is 289 g/mol. The lowest BCUT2D eigenvalue weighted by Gasteiger charge is -2.10. The fourth-order valence-electron chi connectivity index (χ4n) is 2.34. The Morgan fingerprint density at radius 2 is 2.14 bits per heavy atom. The monoisotopic (exact) mass is 289 g/mol. The Hall–Kier alpha value is -2.50. The zero-order valence-corrected chi connectivity index (χ0v) is 12.4. The number of benzene rings is 1. The number of carboxylic acid groups (broad SMARTS) is 1. The summed E-state index contributed by atoms with van der Waals surface area (Å²) in [7, 11) is 3.37. The van der Waals surface area contributed by atoms with Gasteiger partial charge < -0.3 is 15.2 Å². The largest absolute Gasteiger partial charge is 0.496 e. The molecule has 0 spiro atoms. The molecule has 0 atom stereocenters. The Balaban J connectivity index is 2.09. The van der Waals surface area contributed by atoms with Gasteiger partial charge in [0.15, 0.2) is 0 Å². The number of aromatic nitrogens is 2. The van der Waals surface area contributed by atoms with E-state index in [1.54, 1.807) is 25.8 Å². The van der Waals surface area contributed by atoms with Crippen LogP contribution in [0.5, 0.6) is 5.75 Å². The highest BCUT2D eigenvalue weighted by atomic mass is 16.5. The molecule has 0 bridgehead atoms. The van der Waals surface area contributed by atoms with Crippen molar-refractivity contribution in [3.8, 4) is 5.75 Å². The summed E-state index contributed by atoms with van der Waals surface area (Å²) >= 11 is 0. The molecule has 0 amide bonds. The predicted octanol–water partition coefficient (Wildman–Crippen LogP) is 2.09. The van der Waals surface area contributed by atoms with Gasteiger partial charge in [-0.3, -0.25) is 4.68 Å². The Morgan fingerprint density at radius 3 is 2.81 bits per heavy atom. The van der Waals surface area contributed by atoms with Gasteiger partial charge in [0, 0.05) is 13.6 Å². The van der Waals surface area contributed by atoms with Crippen LogP contribution in [0.3, 0.4) is 0 Å². The van der Waals surface area contributed by atoms with E-state index < -0.39 is 5.97 Å². The lowest BCUT2D eigenvalue weighted by molar-refractivity contribution is 0.0697. The van der Waals surface area contributed by atoms with Crippen LogP contribution in [0.25, 0.3) is 0 Å². The summed E-state index contributed by atoms with van der Waals surface area (Å²) in [5, 5.41) is 16.5. The zero-order valence-electron chi connectivity index (χ0n) is 12.4. The second-order valence-corrected chi connectivity index (χ2v) is 4.73. The molecular formula is C15H19N3O3. The summed E-state index contributed by atoms with van der Waals surface area (Å²) in [5.74, 6) is 0.384. The van der Waals surface area contributed by atoms with Crippen LogP contribution in [0.4, 0.5) is 5.82 Å². The van der Waals surface area contributed by atoms with Gasteiger partial charge >= 0.3 is 5.97 Å². The predicted molar refractivity (Wildman–Crippen MR) is 80.1 cm³/mol. The minimum absolute atomic E-state index is 0.220. The third kappa shape index (κ3) is 3.16. The fourth-order valence-corrected chi connectivity index (χ4v) is 2.34. The fraction of sp³-hybridized carbons (Fsp3) is 0.333. The molecule has 0 aliphatic carbocycles. The molecule has 0 saturated heterocycles. The van der Waals surface area contributed by atoms with Gasteiger partial charge in [-0.15, -0.1) is 0 Å². The number of carbonyl (C=O) groups is 1. The Morgan fingerprint density at radius 1 is 1.43 bits per heavy atom. The first-order chi connectivity index (χ1) is 10.0. The SMILES string of the molecule is COc1ccccc1CCNc1c(C(=O)O)c(C)nn1C. The maximum absolute atomic E-state index is 11.3. The number of hydrogen-bond donors (Lipinski definition) is 2. The molecule has 1 aromatic heterocycles. The van der Waals surface area contributed by atoms with E-state index >= 15 is 0 Å². The summed E-state index contributed by atoms with van der Waals surface area (Å²) in [6.07, 6.45) is 0.729. The molecule has 6 heteroatoms. The average Bonchev–Trinajstić information content (AvgIpc) is 2.74. The summed E-state index contributed by atoms with van der Waals surface area (Å²) in [4.78, 5) is 11.3. The molecule has 1 aromatic carbocycles. The quantitative estimate of drug-likeness (QED) is 0.851. The van der Waals surface area contributed by atoms with Crippen molar-refractivity contribution in [3.63, 3.8) is 0 Å². The van der Waals surface area contributed by atoms with Crippen LogP contribution in [0.15, 0.2) is 24.3 Å². The molecule has 0 unspecified atom stereocenters. The van der Waals surface area contributed by atoms with E-state index in [1.165, 1.54) is 0 Å².